The Balaban J connectivity index is 0.000000220. The van der Waals surface area contributed by atoms with Crippen LogP contribution in [0.15, 0.2) is 163 Å². The molecule has 0 heterocycles. The van der Waals surface area contributed by atoms with Gasteiger partial charge in [0.25, 0.3) is 10.1 Å². The van der Waals surface area contributed by atoms with Gasteiger partial charge in [0.2, 0.25) is 19.7 Å². The zero-order valence-corrected chi connectivity index (χ0v) is 33.6. The van der Waals surface area contributed by atoms with Gasteiger partial charge in [-0.05, 0) is 128 Å². The van der Waals surface area contributed by atoms with Crippen LogP contribution in [0.3, 0.4) is 0 Å². The van der Waals surface area contributed by atoms with Gasteiger partial charge in [-0.1, -0.05) is 59.1 Å². The fourth-order valence-electron chi connectivity index (χ4n) is 5.23. The van der Waals surface area contributed by atoms with E-state index in [4.69, 9.17) is 14.7 Å². The maximum Gasteiger partial charge on any atom is 0.294 e. The average molecular weight is 837 g/mol. The van der Waals surface area contributed by atoms with Crippen LogP contribution in [-0.4, -0.2) is 42.2 Å². The summed E-state index contributed by atoms with van der Waals surface area (Å²) in [6.07, 6.45) is 0. The zero-order chi connectivity index (χ0) is 40.7. The summed E-state index contributed by atoms with van der Waals surface area (Å²) in [7, 11) is -10.5. The van der Waals surface area contributed by atoms with Crippen molar-refractivity contribution in [3.8, 4) is 28.4 Å². The number of methoxy groups -OCH3 is 1. The molecule has 2 N–H and O–H groups in total. The Morgan fingerprint density at radius 2 is 0.946 bits per heavy atom. The Labute approximate surface area is 330 Å². The molecular weight excluding hydrogens is 801 g/mol. The number of hydrogen-bond donors (Lipinski definition) is 2. The molecule has 0 aliphatic carbocycles. The summed E-state index contributed by atoms with van der Waals surface area (Å²) in [6, 6.07) is 36.5. The normalized spacial score (nSPS) is 11.7. The molecule has 0 fully saturated rings. The number of aryl methyl sites for hydroxylation is 3. The second-order valence-corrected chi connectivity index (χ2v) is 18.2. The van der Waals surface area contributed by atoms with E-state index >= 15 is 0 Å². The minimum absolute atomic E-state index is 0.118. The Kier molecular flexibility index (Phi) is 13.4. The molecule has 0 bridgehead atoms. The number of benzene rings is 6. The van der Waals surface area contributed by atoms with Gasteiger partial charge < -0.3 is 9.47 Å². The summed E-state index contributed by atoms with van der Waals surface area (Å²) >= 11 is 0.610. The molecule has 56 heavy (non-hydrogen) atoms. The van der Waals surface area contributed by atoms with Crippen molar-refractivity contribution >= 4 is 41.8 Å². The van der Waals surface area contributed by atoms with Gasteiger partial charge in [0.15, 0.2) is 0 Å². The van der Waals surface area contributed by atoms with E-state index in [0.29, 0.717) is 34.0 Å². The molecule has 16 heteroatoms. The highest BCUT2D eigenvalue weighted by atomic mass is 32.2. The van der Waals surface area contributed by atoms with Gasteiger partial charge >= 0.3 is 0 Å². The van der Waals surface area contributed by atoms with Crippen molar-refractivity contribution in [2.24, 2.45) is 0 Å². The average Bonchev–Trinajstić information content (AvgIpc) is 3.18. The third-order valence-corrected chi connectivity index (χ3v) is 13.6. The van der Waals surface area contributed by atoms with E-state index in [1.807, 2.05) is 55.5 Å². The molecule has 0 aromatic heterocycles. The van der Waals surface area contributed by atoms with E-state index in [1.165, 1.54) is 37.3 Å². The quantitative estimate of drug-likeness (QED) is 0.0516. The lowest BCUT2D eigenvalue weighted by Crippen LogP contribution is -2.07. The molecule has 0 saturated heterocycles. The molecule has 6 aromatic carbocycles. The fraction of sp³-hybridized carbons (Fsp3) is 0.100. The largest absolute Gasteiger partial charge is 0.497 e. The first-order valence-electron chi connectivity index (χ1n) is 16.5. The van der Waals surface area contributed by atoms with Crippen LogP contribution in [0, 0.1) is 20.8 Å². The van der Waals surface area contributed by atoms with Crippen LogP contribution in [-0.2, 0) is 39.2 Å². The van der Waals surface area contributed by atoms with Gasteiger partial charge in [0.05, 0.1) is 43.6 Å². The first-order chi connectivity index (χ1) is 26.5. The van der Waals surface area contributed by atoms with E-state index in [2.05, 4.69) is 9.37 Å². The van der Waals surface area contributed by atoms with Crippen LogP contribution in [0.2, 0.25) is 0 Å². The summed E-state index contributed by atoms with van der Waals surface area (Å²) in [5.41, 5.74) is 4.05. The second kappa shape index (κ2) is 17.8. The summed E-state index contributed by atoms with van der Waals surface area (Å²) in [5.74, 6) is 2.06. The highest BCUT2D eigenvalue weighted by Gasteiger charge is 2.23. The molecule has 0 unspecified atom stereocenters. The van der Waals surface area contributed by atoms with E-state index in [1.54, 1.807) is 62.6 Å². The van der Waals surface area contributed by atoms with E-state index < -0.39 is 34.7 Å². The van der Waals surface area contributed by atoms with Crippen molar-refractivity contribution in [1.29, 1.82) is 0 Å². The number of hydrogen-bond acceptors (Lipinski definition) is 12. The monoisotopic (exact) mass is 836 g/mol. The summed E-state index contributed by atoms with van der Waals surface area (Å²) in [4.78, 5) is 0.00104. The molecule has 0 amide bonds. The lowest BCUT2D eigenvalue weighted by Gasteiger charge is -2.10. The van der Waals surface area contributed by atoms with Gasteiger partial charge in [0, 0.05) is 4.90 Å². The Morgan fingerprint density at radius 1 is 0.518 bits per heavy atom. The van der Waals surface area contributed by atoms with Crippen molar-refractivity contribution < 1.29 is 53.9 Å². The van der Waals surface area contributed by atoms with Gasteiger partial charge in [-0.2, -0.15) is 8.42 Å². The SMILES string of the molecule is COc1ccc(-c2ccc(Oc3ccc(S(=O)(=O)c4ccc(C)cc4)cc3)cc2)cc1.Cc1ccc(S(=O)(=O)c2ccc(C)c(S(=O)(=O)O)c2)cc1SOOO. The molecule has 6 aromatic rings. The highest BCUT2D eigenvalue weighted by molar-refractivity contribution is 7.94. The fourth-order valence-corrected chi connectivity index (χ4v) is 9.18. The molecule has 0 atom stereocenters. The maximum atomic E-state index is 12.8. The van der Waals surface area contributed by atoms with Crippen LogP contribution in [0.5, 0.6) is 17.2 Å². The van der Waals surface area contributed by atoms with E-state index in [-0.39, 0.29) is 25.1 Å². The van der Waals surface area contributed by atoms with Crippen molar-refractivity contribution in [3.05, 3.63) is 150 Å². The van der Waals surface area contributed by atoms with Crippen molar-refractivity contribution in [3.63, 3.8) is 0 Å². The lowest BCUT2D eigenvalue weighted by atomic mass is 10.1. The predicted octanol–water partition coefficient (Wildman–Crippen LogP) is 9.11. The zero-order valence-electron chi connectivity index (χ0n) is 30.3. The van der Waals surface area contributed by atoms with Crippen molar-refractivity contribution in [2.45, 2.75) is 50.1 Å². The Morgan fingerprint density at radius 3 is 1.45 bits per heavy atom. The first-order valence-corrected chi connectivity index (χ1v) is 21.6. The van der Waals surface area contributed by atoms with Crippen LogP contribution in [0.1, 0.15) is 16.7 Å². The van der Waals surface area contributed by atoms with Crippen LogP contribution >= 0.6 is 12.0 Å². The van der Waals surface area contributed by atoms with Crippen LogP contribution in [0.25, 0.3) is 11.1 Å². The maximum absolute atomic E-state index is 12.8. The third kappa shape index (κ3) is 10.2. The minimum atomic E-state index is -4.56. The minimum Gasteiger partial charge on any atom is -0.497 e. The number of ether oxygens (including phenoxy) is 2. The smallest absolute Gasteiger partial charge is 0.294 e. The standard InChI is InChI=1S/C26H22O4S.C14H14O8S3/c1-19-3-15-25(16-4-19)31(27,28)26-17-13-24(14-18-26)30-23-11-7-21(8-12-23)20-5-9-22(29-2)10-6-20;1-9-3-5-11(7-13(9)23-22-21-15)24(16,17)12-6-4-10(2)14(8-12)25(18,19)20/h3-18H,1-2H3;3-8,15H,1-2H3,(H,18,19,20). The topological polar surface area (TPSA) is 180 Å². The van der Waals surface area contributed by atoms with Crippen molar-refractivity contribution in [1.82, 2.24) is 0 Å². The highest BCUT2D eigenvalue weighted by Crippen LogP contribution is 2.32. The second-order valence-electron chi connectivity index (χ2n) is 12.2. The molecule has 0 aliphatic heterocycles. The Hall–Kier alpha value is -5.04. The van der Waals surface area contributed by atoms with Gasteiger partial charge in [-0.25, -0.2) is 22.1 Å². The third-order valence-electron chi connectivity index (χ3n) is 8.35. The summed E-state index contributed by atoms with van der Waals surface area (Å²) < 4.78 is 98.5. The molecular formula is C40H36O12S4. The van der Waals surface area contributed by atoms with Crippen molar-refractivity contribution in [2.75, 3.05) is 7.11 Å². The molecule has 0 saturated carbocycles. The summed E-state index contributed by atoms with van der Waals surface area (Å²) in [5, 5.41) is 11.7. The van der Waals surface area contributed by atoms with Crippen LogP contribution < -0.4 is 9.47 Å². The first kappa shape index (κ1) is 42.1. The van der Waals surface area contributed by atoms with Crippen LogP contribution in [0.4, 0.5) is 0 Å². The van der Waals surface area contributed by atoms with Gasteiger partial charge in [-0.15, -0.1) is 4.33 Å². The number of rotatable bonds is 12. The molecule has 292 valence electrons. The molecule has 6 rings (SSSR count). The van der Waals surface area contributed by atoms with Gasteiger partial charge in [-0.3, -0.25) is 4.55 Å². The molecule has 0 radical (unpaired) electrons. The molecule has 0 aliphatic rings. The number of sulfone groups is 2. The molecule has 0 spiro atoms. The van der Waals surface area contributed by atoms with E-state index in [0.717, 1.165) is 28.5 Å². The molecule has 12 nitrogen and oxygen atoms in total. The lowest BCUT2D eigenvalue weighted by molar-refractivity contribution is -0.432. The Bertz CT molecular complexity index is 2630. The predicted molar refractivity (Wildman–Crippen MR) is 210 cm³/mol. The van der Waals surface area contributed by atoms with Gasteiger partial charge in [0.1, 0.15) is 17.2 Å². The van der Waals surface area contributed by atoms with E-state index in [9.17, 15) is 29.8 Å². The summed E-state index contributed by atoms with van der Waals surface area (Å²) in [6.45, 7) is 5.06.